The molecular formula is C8H12N4O2. The predicted molar refractivity (Wildman–Crippen MR) is 47.1 cm³/mol. The summed E-state index contributed by atoms with van der Waals surface area (Å²) in [6.45, 7) is 0.937. The Morgan fingerprint density at radius 2 is 2.07 bits per heavy atom. The van der Waals surface area contributed by atoms with Crippen molar-refractivity contribution < 1.29 is 9.47 Å². The van der Waals surface area contributed by atoms with Crippen molar-refractivity contribution in [1.82, 2.24) is 15.0 Å². The van der Waals surface area contributed by atoms with Crippen LogP contribution in [-0.4, -0.2) is 29.2 Å². The zero-order valence-corrected chi connectivity index (χ0v) is 8.23. The Bertz CT molecular complexity index is 329. The summed E-state index contributed by atoms with van der Waals surface area (Å²) in [4.78, 5) is 0. The molecule has 1 heterocycles. The van der Waals surface area contributed by atoms with Crippen molar-refractivity contribution in [3.8, 4) is 6.07 Å². The minimum Gasteiger partial charge on any atom is -0.378 e. The topological polar surface area (TPSA) is 73.0 Å². The molecule has 6 heteroatoms. The molecule has 14 heavy (non-hydrogen) atoms. The molecule has 0 radical (unpaired) electrons. The van der Waals surface area contributed by atoms with Crippen LogP contribution in [0.5, 0.6) is 0 Å². The summed E-state index contributed by atoms with van der Waals surface area (Å²) in [7, 11) is 3.17. The minimum atomic E-state index is 0.176. The van der Waals surface area contributed by atoms with Gasteiger partial charge in [0.25, 0.3) is 0 Å². The van der Waals surface area contributed by atoms with Gasteiger partial charge >= 0.3 is 0 Å². The summed E-state index contributed by atoms with van der Waals surface area (Å²) >= 11 is 0. The molecule has 0 saturated heterocycles. The lowest BCUT2D eigenvalue weighted by Crippen LogP contribution is -2.06. The van der Waals surface area contributed by atoms with Gasteiger partial charge in [-0.2, -0.15) is 5.26 Å². The van der Waals surface area contributed by atoms with Crippen LogP contribution in [0.2, 0.25) is 0 Å². The SMILES string of the molecule is COCc1nnn(CC#N)c1COC. The quantitative estimate of drug-likeness (QED) is 0.667. The molecule has 0 atom stereocenters. The van der Waals surface area contributed by atoms with Crippen molar-refractivity contribution in [1.29, 1.82) is 5.26 Å². The molecule has 0 aliphatic heterocycles. The number of hydrogen-bond acceptors (Lipinski definition) is 5. The molecule has 0 spiro atoms. The maximum Gasteiger partial charge on any atom is 0.130 e. The summed E-state index contributed by atoms with van der Waals surface area (Å²) in [5, 5.41) is 16.3. The monoisotopic (exact) mass is 196 g/mol. The van der Waals surface area contributed by atoms with Crippen LogP contribution >= 0.6 is 0 Å². The van der Waals surface area contributed by atoms with Crippen LogP contribution in [0.3, 0.4) is 0 Å². The van der Waals surface area contributed by atoms with E-state index in [0.29, 0.717) is 18.9 Å². The molecule has 76 valence electrons. The molecule has 0 unspecified atom stereocenters. The molecule has 0 fully saturated rings. The zero-order valence-electron chi connectivity index (χ0n) is 8.23. The van der Waals surface area contributed by atoms with Crippen LogP contribution in [0.1, 0.15) is 11.4 Å². The Labute approximate surface area is 82.0 Å². The van der Waals surface area contributed by atoms with Gasteiger partial charge in [0.2, 0.25) is 0 Å². The summed E-state index contributed by atoms with van der Waals surface area (Å²) in [6.07, 6.45) is 0. The van der Waals surface area contributed by atoms with Gasteiger partial charge in [0.05, 0.1) is 25.0 Å². The number of ether oxygens (including phenoxy) is 2. The highest BCUT2D eigenvalue weighted by atomic mass is 16.5. The highest BCUT2D eigenvalue weighted by Crippen LogP contribution is 2.07. The highest BCUT2D eigenvalue weighted by molar-refractivity contribution is 5.08. The number of aromatic nitrogens is 3. The summed E-state index contributed by atoms with van der Waals surface area (Å²) in [5.41, 5.74) is 1.50. The van der Waals surface area contributed by atoms with Gasteiger partial charge in [-0.3, -0.25) is 0 Å². The number of hydrogen-bond donors (Lipinski definition) is 0. The highest BCUT2D eigenvalue weighted by Gasteiger charge is 2.11. The first-order valence-corrected chi connectivity index (χ1v) is 4.09. The van der Waals surface area contributed by atoms with Crippen LogP contribution in [0.25, 0.3) is 0 Å². The number of nitrogens with zero attached hydrogens (tertiary/aromatic N) is 4. The molecule has 0 bridgehead atoms. The molecule has 0 aliphatic rings. The smallest absolute Gasteiger partial charge is 0.130 e. The third-order valence-electron chi connectivity index (χ3n) is 1.70. The zero-order chi connectivity index (χ0) is 10.4. The van der Waals surface area contributed by atoms with E-state index in [4.69, 9.17) is 14.7 Å². The first-order valence-electron chi connectivity index (χ1n) is 4.09. The van der Waals surface area contributed by atoms with E-state index in [1.807, 2.05) is 6.07 Å². The van der Waals surface area contributed by atoms with Gasteiger partial charge in [-0.15, -0.1) is 5.10 Å². The van der Waals surface area contributed by atoms with Crippen molar-refractivity contribution in [2.24, 2.45) is 0 Å². The maximum atomic E-state index is 8.54. The van der Waals surface area contributed by atoms with Gasteiger partial charge in [0.1, 0.15) is 12.2 Å². The largest absolute Gasteiger partial charge is 0.378 e. The molecule has 0 saturated carbocycles. The molecule has 1 aromatic heterocycles. The van der Waals surface area contributed by atoms with E-state index in [1.165, 1.54) is 4.68 Å². The van der Waals surface area contributed by atoms with Crippen molar-refractivity contribution in [2.45, 2.75) is 19.8 Å². The number of nitriles is 1. The van der Waals surface area contributed by atoms with E-state index in [0.717, 1.165) is 5.69 Å². The average Bonchev–Trinajstić information content (AvgIpc) is 2.52. The van der Waals surface area contributed by atoms with Crippen molar-refractivity contribution >= 4 is 0 Å². The van der Waals surface area contributed by atoms with Gasteiger partial charge < -0.3 is 9.47 Å². The summed E-state index contributed by atoms with van der Waals surface area (Å²) in [6, 6.07) is 2.00. The third-order valence-corrected chi connectivity index (χ3v) is 1.70. The fourth-order valence-corrected chi connectivity index (χ4v) is 1.11. The second kappa shape index (κ2) is 5.32. The Morgan fingerprint density at radius 1 is 1.36 bits per heavy atom. The Kier molecular flexibility index (Phi) is 4.04. The van der Waals surface area contributed by atoms with Crippen LogP contribution in [0.15, 0.2) is 0 Å². The second-order valence-corrected chi connectivity index (χ2v) is 2.66. The lowest BCUT2D eigenvalue weighted by Gasteiger charge is -2.02. The summed E-state index contributed by atoms with van der Waals surface area (Å²) in [5.74, 6) is 0. The van der Waals surface area contributed by atoms with E-state index >= 15 is 0 Å². The minimum absolute atomic E-state index is 0.176. The molecule has 0 amide bonds. The second-order valence-electron chi connectivity index (χ2n) is 2.66. The normalized spacial score (nSPS) is 10.1. The Morgan fingerprint density at radius 3 is 2.64 bits per heavy atom. The first-order chi connectivity index (χ1) is 6.83. The summed E-state index contributed by atoms with van der Waals surface area (Å²) < 4.78 is 11.5. The van der Waals surface area contributed by atoms with Crippen molar-refractivity contribution in [3.63, 3.8) is 0 Å². The van der Waals surface area contributed by atoms with Crippen molar-refractivity contribution in [3.05, 3.63) is 11.4 Å². The molecule has 1 rings (SSSR count). The Hall–Kier alpha value is -1.45. The molecular weight excluding hydrogens is 184 g/mol. The van der Waals surface area contributed by atoms with Gasteiger partial charge in [-0.25, -0.2) is 4.68 Å². The van der Waals surface area contributed by atoms with Crippen LogP contribution in [0, 0.1) is 11.3 Å². The van der Waals surface area contributed by atoms with Gasteiger partial charge in [0, 0.05) is 14.2 Å². The molecule has 6 nitrogen and oxygen atoms in total. The molecule has 0 N–H and O–H groups in total. The molecule has 1 aromatic rings. The van der Waals surface area contributed by atoms with Crippen LogP contribution in [-0.2, 0) is 29.2 Å². The lowest BCUT2D eigenvalue weighted by atomic mass is 10.3. The third kappa shape index (κ3) is 2.28. The standard InChI is InChI=1S/C8H12N4O2/c1-13-5-7-8(6-14-2)12(4-3-9)11-10-7/h4-6H2,1-2H3. The van der Waals surface area contributed by atoms with Gasteiger partial charge in [-0.05, 0) is 0 Å². The van der Waals surface area contributed by atoms with E-state index in [9.17, 15) is 0 Å². The van der Waals surface area contributed by atoms with E-state index in [1.54, 1.807) is 14.2 Å². The molecule has 0 aliphatic carbocycles. The van der Waals surface area contributed by atoms with Crippen molar-refractivity contribution in [2.75, 3.05) is 14.2 Å². The van der Waals surface area contributed by atoms with Gasteiger partial charge in [0.15, 0.2) is 0 Å². The maximum absolute atomic E-state index is 8.54. The van der Waals surface area contributed by atoms with E-state index < -0.39 is 0 Å². The molecule has 0 aromatic carbocycles. The fraction of sp³-hybridized carbons (Fsp3) is 0.625. The number of rotatable bonds is 5. The van der Waals surface area contributed by atoms with E-state index in [2.05, 4.69) is 10.3 Å². The number of methoxy groups -OCH3 is 2. The van der Waals surface area contributed by atoms with Crippen LogP contribution in [0.4, 0.5) is 0 Å². The average molecular weight is 196 g/mol. The lowest BCUT2D eigenvalue weighted by molar-refractivity contribution is 0.162. The first kappa shape index (κ1) is 10.6. The predicted octanol–water partition coefficient (Wildman–Crippen LogP) is 0.0945. The Balaban J connectivity index is 2.89. The van der Waals surface area contributed by atoms with E-state index in [-0.39, 0.29) is 6.54 Å². The van der Waals surface area contributed by atoms with Crippen LogP contribution < -0.4 is 0 Å². The van der Waals surface area contributed by atoms with Gasteiger partial charge in [-0.1, -0.05) is 5.21 Å². The fourth-order valence-electron chi connectivity index (χ4n) is 1.11.